The van der Waals surface area contributed by atoms with Crippen LogP contribution in [-0.2, 0) is 5.41 Å². The second-order valence-corrected chi connectivity index (χ2v) is 6.46. The summed E-state index contributed by atoms with van der Waals surface area (Å²) in [6.45, 7) is 9.34. The van der Waals surface area contributed by atoms with Crippen molar-refractivity contribution in [1.29, 1.82) is 0 Å². The van der Waals surface area contributed by atoms with Gasteiger partial charge in [-0.2, -0.15) is 0 Å². The minimum absolute atomic E-state index is 0.108. The first kappa shape index (κ1) is 14.8. The molecule has 0 aliphatic heterocycles. The summed E-state index contributed by atoms with van der Waals surface area (Å²) in [5, 5.41) is 0. The van der Waals surface area contributed by atoms with Gasteiger partial charge in [0.25, 0.3) is 0 Å². The molecule has 0 spiro atoms. The Kier molecular flexibility index (Phi) is 4.65. The Hall–Kier alpha value is -1.56. The van der Waals surface area contributed by atoms with Gasteiger partial charge in [0.05, 0.1) is 0 Å². The van der Waals surface area contributed by atoms with E-state index in [-0.39, 0.29) is 5.41 Å². The van der Waals surface area contributed by atoms with Crippen LogP contribution in [0, 0.1) is 11.8 Å². The molecule has 0 saturated carbocycles. The Morgan fingerprint density at radius 3 is 1.40 bits per heavy atom. The molecule has 0 nitrogen and oxygen atoms in total. The number of hydrogen-bond donors (Lipinski definition) is 0. The number of benzene rings is 2. The molecule has 0 aliphatic carbocycles. The molecule has 0 saturated heterocycles. The van der Waals surface area contributed by atoms with Crippen molar-refractivity contribution in [2.45, 2.75) is 39.5 Å². The predicted octanol–water partition coefficient (Wildman–Crippen LogP) is 5.67. The third-order valence-electron chi connectivity index (χ3n) is 4.29. The van der Waals surface area contributed by atoms with Crippen LogP contribution in [0.2, 0.25) is 0 Å². The Bertz CT molecular complexity index is 469. The highest BCUT2D eigenvalue weighted by atomic mass is 14.4. The first-order chi connectivity index (χ1) is 9.57. The molecule has 0 heterocycles. The van der Waals surface area contributed by atoms with Gasteiger partial charge in [-0.15, -0.1) is 0 Å². The maximum atomic E-state index is 2.35. The fraction of sp³-hybridized carbons (Fsp3) is 0.400. The van der Waals surface area contributed by atoms with Gasteiger partial charge in [-0.05, 0) is 29.4 Å². The Balaban J connectivity index is 2.63. The second-order valence-electron chi connectivity index (χ2n) is 6.46. The fourth-order valence-corrected chi connectivity index (χ4v) is 3.42. The minimum Gasteiger partial charge on any atom is -0.0627 e. The van der Waals surface area contributed by atoms with Crippen molar-refractivity contribution in [3.63, 3.8) is 0 Å². The second kappa shape index (κ2) is 6.26. The molecular formula is C20H26. The Morgan fingerprint density at radius 2 is 1.10 bits per heavy atom. The summed E-state index contributed by atoms with van der Waals surface area (Å²) in [7, 11) is 0. The SMILES string of the molecule is CC(C)CC(c1ccccc1)(c1ccccc1)C(C)C. The molecule has 0 fully saturated rings. The summed E-state index contributed by atoms with van der Waals surface area (Å²) in [6, 6.07) is 22.0. The van der Waals surface area contributed by atoms with Crippen molar-refractivity contribution in [3.05, 3.63) is 71.8 Å². The highest BCUT2D eigenvalue weighted by Gasteiger charge is 2.37. The smallest absolute Gasteiger partial charge is 0.0228 e. The predicted molar refractivity (Wildman–Crippen MR) is 88.0 cm³/mol. The molecule has 0 unspecified atom stereocenters. The summed E-state index contributed by atoms with van der Waals surface area (Å²) in [5.41, 5.74) is 2.99. The molecule has 0 atom stereocenters. The number of hydrogen-bond acceptors (Lipinski definition) is 0. The van der Waals surface area contributed by atoms with E-state index in [2.05, 4.69) is 88.4 Å². The third-order valence-corrected chi connectivity index (χ3v) is 4.29. The van der Waals surface area contributed by atoms with E-state index in [1.807, 2.05) is 0 Å². The topological polar surface area (TPSA) is 0 Å². The molecule has 0 aromatic heterocycles. The van der Waals surface area contributed by atoms with Gasteiger partial charge in [-0.25, -0.2) is 0 Å². The van der Waals surface area contributed by atoms with Crippen molar-refractivity contribution < 1.29 is 0 Å². The average Bonchev–Trinajstić information content (AvgIpc) is 2.46. The molecule has 0 bridgehead atoms. The van der Waals surface area contributed by atoms with Crippen LogP contribution in [0.25, 0.3) is 0 Å². The van der Waals surface area contributed by atoms with Gasteiger partial charge in [0, 0.05) is 5.41 Å². The van der Waals surface area contributed by atoms with Gasteiger partial charge in [-0.1, -0.05) is 88.4 Å². The zero-order valence-corrected chi connectivity index (χ0v) is 13.1. The van der Waals surface area contributed by atoms with Gasteiger partial charge in [-0.3, -0.25) is 0 Å². The summed E-state index contributed by atoms with van der Waals surface area (Å²) >= 11 is 0. The van der Waals surface area contributed by atoms with Crippen LogP contribution in [0.5, 0.6) is 0 Å². The normalized spacial score (nSPS) is 12.1. The van der Waals surface area contributed by atoms with Crippen LogP contribution in [0.1, 0.15) is 45.2 Å². The van der Waals surface area contributed by atoms with Gasteiger partial charge >= 0.3 is 0 Å². The minimum atomic E-state index is 0.108. The standard InChI is InChI=1S/C20H26/c1-16(2)15-20(17(3)4,18-11-7-5-8-12-18)19-13-9-6-10-14-19/h5-14,16-17H,15H2,1-4H3. The van der Waals surface area contributed by atoms with Gasteiger partial charge in [0.1, 0.15) is 0 Å². The fourth-order valence-electron chi connectivity index (χ4n) is 3.42. The molecule has 2 aromatic rings. The largest absolute Gasteiger partial charge is 0.0627 e. The molecule has 0 radical (unpaired) electrons. The van der Waals surface area contributed by atoms with Crippen LogP contribution in [0.15, 0.2) is 60.7 Å². The monoisotopic (exact) mass is 266 g/mol. The van der Waals surface area contributed by atoms with Crippen LogP contribution in [0.4, 0.5) is 0 Å². The van der Waals surface area contributed by atoms with E-state index >= 15 is 0 Å². The van der Waals surface area contributed by atoms with Gasteiger partial charge in [0.15, 0.2) is 0 Å². The van der Waals surface area contributed by atoms with Gasteiger partial charge in [0.2, 0.25) is 0 Å². The quantitative estimate of drug-likeness (QED) is 0.653. The molecule has 2 aromatic carbocycles. The van der Waals surface area contributed by atoms with E-state index < -0.39 is 0 Å². The van der Waals surface area contributed by atoms with Crippen molar-refractivity contribution in [2.75, 3.05) is 0 Å². The van der Waals surface area contributed by atoms with Crippen LogP contribution >= 0.6 is 0 Å². The first-order valence-electron chi connectivity index (χ1n) is 7.68. The maximum absolute atomic E-state index is 2.35. The van der Waals surface area contributed by atoms with E-state index in [0.717, 1.165) is 0 Å². The molecule has 106 valence electrons. The van der Waals surface area contributed by atoms with Crippen LogP contribution in [0.3, 0.4) is 0 Å². The van der Waals surface area contributed by atoms with E-state index in [9.17, 15) is 0 Å². The lowest BCUT2D eigenvalue weighted by Gasteiger charge is -2.40. The highest BCUT2D eigenvalue weighted by molar-refractivity contribution is 5.40. The zero-order chi connectivity index (χ0) is 14.6. The maximum Gasteiger partial charge on any atom is 0.0228 e. The molecule has 0 amide bonds. The lowest BCUT2D eigenvalue weighted by molar-refractivity contribution is 0.303. The van der Waals surface area contributed by atoms with Gasteiger partial charge < -0.3 is 0 Å². The summed E-state index contributed by atoms with van der Waals surface area (Å²) in [6.07, 6.45) is 1.18. The van der Waals surface area contributed by atoms with E-state index in [4.69, 9.17) is 0 Å². The van der Waals surface area contributed by atoms with E-state index in [1.54, 1.807) is 0 Å². The summed E-state index contributed by atoms with van der Waals surface area (Å²) in [5.74, 6) is 1.23. The Morgan fingerprint density at radius 1 is 0.700 bits per heavy atom. The lowest BCUT2D eigenvalue weighted by atomic mass is 9.63. The highest BCUT2D eigenvalue weighted by Crippen LogP contribution is 2.44. The average molecular weight is 266 g/mol. The lowest BCUT2D eigenvalue weighted by Crippen LogP contribution is -2.35. The molecule has 0 heteroatoms. The van der Waals surface area contributed by atoms with Crippen molar-refractivity contribution in [1.82, 2.24) is 0 Å². The van der Waals surface area contributed by atoms with E-state index in [1.165, 1.54) is 17.5 Å². The molecule has 0 N–H and O–H groups in total. The van der Waals surface area contributed by atoms with Crippen molar-refractivity contribution >= 4 is 0 Å². The summed E-state index contributed by atoms with van der Waals surface area (Å²) in [4.78, 5) is 0. The number of rotatable bonds is 5. The van der Waals surface area contributed by atoms with E-state index in [0.29, 0.717) is 11.8 Å². The molecular weight excluding hydrogens is 240 g/mol. The first-order valence-corrected chi connectivity index (χ1v) is 7.68. The van der Waals surface area contributed by atoms with Crippen LogP contribution < -0.4 is 0 Å². The third kappa shape index (κ3) is 2.80. The summed E-state index contributed by atoms with van der Waals surface area (Å²) < 4.78 is 0. The zero-order valence-electron chi connectivity index (χ0n) is 13.1. The van der Waals surface area contributed by atoms with Crippen molar-refractivity contribution in [3.8, 4) is 0 Å². The molecule has 0 aliphatic rings. The van der Waals surface area contributed by atoms with Crippen LogP contribution in [-0.4, -0.2) is 0 Å². The van der Waals surface area contributed by atoms with Crippen molar-refractivity contribution in [2.24, 2.45) is 11.8 Å². The molecule has 2 rings (SSSR count). The Labute approximate surface area is 123 Å². The molecule has 20 heavy (non-hydrogen) atoms.